The van der Waals surface area contributed by atoms with E-state index in [1.165, 1.54) is 5.56 Å². The Hall–Kier alpha value is -1.77. The highest BCUT2D eigenvalue weighted by atomic mass is 15.1. The molecule has 0 fully saturated rings. The molecule has 1 aromatic carbocycles. The van der Waals surface area contributed by atoms with Gasteiger partial charge >= 0.3 is 0 Å². The van der Waals surface area contributed by atoms with Crippen LogP contribution in [0.15, 0.2) is 36.7 Å². The molecule has 0 saturated heterocycles. The van der Waals surface area contributed by atoms with Gasteiger partial charge in [0.15, 0.2) is 0 Å². The van der Waals surface area contributed by atoms with Gasteiger partial charge in [0.05, 0.1) is 0 Å². The quantitative estimate of drug-likeness (QED) is 0.796. The van der Waals surface area contributed by atoms with Crippen molar-refractivity contribution >= 4 is 5.69 Å². The van der Waals surface area contributed by atoms with E-state index in [0.717, 1.165) is 30.9 Å². The summed E-state index contributed by atoms with van der Waals surface area (Å²) < 4.78 is 2.20. The molecule has 1 aromatic heterocycles. The molecule has 0 aliphatic heterocycles. The lowest BCUT2D eigenvalue weighted by atomic mass is 10.1. The Morgan fingerprint density at radius 3 is 2.69 bits per heavy atom. The summed E-state index contributed by atoms with van der Waals surface area (Å²) in [4.78, 5) is 4.38. The van der Waals surface area contributed by atoms with Crippen molar-refractivity contribution in [2.24, 2.45) is 0 Å². The molecular weight excluding hydrogens is 198 g/mol. The molecule has 0 atom stereocenters. The third-order valence-electron chi connectivity index (χ3n) is 2.61. The van der Waals surface area contributed by atoms with Crippen molar-refractivity contribution in [1.29, 1.82) is 0 Å². The molecule has 2 rings (SSSR count). The van der Waals surface area contributed by atoms with Crippen molar-refractivity contribution in [1.82, 2.24) is 9.55 Å². The highest BCUT2D eigenvalue weighted by Crippen LogP contribution is 2.11. The van der Waals surface area contributed by atoms with Crippen LogP contribution in [0, 0.1) is 0 Å². The van der Waals surface area contributed by atoms with Gasteiger partial charge in [0, 0.05) is 31.0 Å². The first-order chi connectivity index (χ1) is 7.79. The van der Waals surface area contributed by atoms with E-state index in [-0.39, 0.29) is 0 Å². The van der Waals surface area contributed by atoms with Crippen LogP contribution in [-0.2, 0) is 13.0 Å². The van der Waals surface area contributed by atoms with Crippen LogP contribution in [0.3, 0.4) is 0 Å². The van der Waals surface area contributed by atoms with Gasteiger partial charge in [-0.1, -0.05) is 19.1 Å². The summed E-state index contributed by atoms with van der Waals surface area (Å²) in [5.41, 5.74) is 7.71. The van der Waals surface area contributed by atoms with E-state index in [0.29, 0.717) is 0 Å². The van der Waals surface area contributed by atoms with Gasteiger partial charge in [0.25, 0.3) is 0 Å². The predicted molar refractivity (Wildman–Crippen MR) is 66.2 cm³/mol. The standard InChI is InChI=1S/C13H17N3/c1-2-8-16-9-7-15-13(16)10-11-3-5-12(14)6-4-11/h3-7,9H,2,8,10,14H2,1H3. The molecular formula is C13H17N3. The number of rotatable bonds is 4. The van der Waals surface area contributed by atoms with Crippen LogP contribution < -0.4 is 5.73 Å². The molecule has 0 saturated carbocycles. The number of hydrogen-bond donors (Lipinski definition) is 1. The van der Waals surface area contributed by atoms with Gasteiger partial charge in [-0.05, 0) is 24.1 Å². The maximum absolute atomic E-state index is 5.66. The second-order valence-electron chi connectivity index (χ2n) is 3.96. The van der Waals surface area contributed by atoms with E-state index < -0.39 is 0 Å². The molecule has 0 aliphatic carbocycles. The molecule has 0 radical (unpaired) electrons. The van der Waals surface area contributed by atoms with E-state index in [1.54, 1.807) is 0 Å². The summed E-state index contributed by atoms with van der Waals surface area (Å²) in [5.74, 6) is 1.12. The van der Waals surface area contributed by atoms with E-state index in [4.69, 9.17) is 5.73 Å². The van der Waals surface area contributed by atoms with Crippen LogP contribution >= 0.6 is 0 Å². The van der Waals surface area contributed by atoms with E-state index in [2.05, 4.69) is 28.6 Å². The Balaban J connectivity index is 2.13. The number of nitrogens with two attached hydrogens (primary N) is 1. The molecule has 84 valence electrons. The Bertz CT molecular complexity index is 442. The highest BCUT2D eigenvalue weighted by molar-refractivity contribution is 5.39. The van der Waals surface area contributed by atoms with E-state index >= 15 is 0 Å². The molecule has 0 amide bonds. The minimum atomic E-state index is 0.806. The lowest BCUT2D eigenvalue weighted by molar-refractivity contribution is 0.647. The van der Waals surface area contributed by atoms with Crippen molar-refractivity contribution in [2.45, 2.75) is 26.3 Å². The Labute approximate surface area is 95.9 Å². The number of hydrogen-bond acceptors (Lipinski definition) is 2. The fourth-order valence-corrected chi connectivity index (χ4v) is 1.77. The SMILES string of the molecule is CCCn1ccnc1Cc1ccc(N)cc1. The van der Waals surface area contributed by atoms with Gasteiger partial charge in [-0.2, -0.15) is 0 Å². The Morgan fingerprint density at radius 2 is 2.00 bits per heavy atom. The molecule has 2 aromatic rings. The summed E-state index contributed by atoms with van der Waals surface area (Å²) >= 11 is 0. The fraction of sp³-hybridized carbons (Fsp3) is 0.308. The van der Waals surface area contributed by atoms with Crippen LogP contribution in [0.2, 0.25) is 0 Å². The van der Waals surface area contributed by atoms with Crippen molar-refractivity contribution in [3.05, 3.63) is 48.0 Å². The maximum Gasteiger partial charge on any atom is 0.113 e. The number of benzene rings is 1. The van der Waals surface area contributed by atoms with Crippen LogP contribution in [0.5, 0.6) is 0 Å². The largest absolute Gasteiger partial charge is 0.399 e. The van der Waals surface area contributed by atoms with Crippen molar-refractivity contribution in [2.75, 3.05) is 5.73 Å². The zero-order valence-corrected chi connectivity index (χ0v) is 9.56. The lowest BCUT2D eigenvalue weighted by Crippen LogP contribution is -2.03. The van der Waals surface area contributed by atoms with Crippen LogP contribution in [0.25, 0.3) is 0 Å². The average Bonchev–Trinajstić information content (AvgIpc) is 2.70. The fourth-order valence-electron chi connectivity index (χ4n) is 1.77. The minimum Gasteiger partial charge on any atom is -0.399 e. The van der Waals surface area contributed by atoms with Gasteiger partial charge in [0.1, 0.15) is 5.82 Å². The number of anilines is 1. The van der Waals surface area contributed by atoms with Gasteiger partial charge in [-0.3, -0.25) is 0 Å². The monoisotopic (exact) mass is 215 g/mol. The molecule has 0 bridgehead atoms. The summed E-state index contributed by atoms with van der Waals surface area (Å²) in [5, 5.41) is 0. The predicted octanol–water partition coefficient (Wildman–Crippen LogP) is 2.47. The summed E-state index contributed by atoms with van der Waals surface area (Å²) in [7, 11) is 0. The van der Waals surface area contributed by atoms with E-state index in [9.17, 15) is 0 Å². The Morgan fingerprint density at radius 1 is 1.25 bits per heavy atom. The first kappa shape index (κ1) is 10.7. The maximum atomic E-state index is 5.66. The normalized spacial score (nSPS) is 10.6. The second-order valence-corrected chi connectivity index (χ2v) is 3.96. The molecule has 0 aliphatic rings. The molecule has 0 unspecified atom stereocenters. The van der Waals surface area contributed by atoms with Gasteiger partial charge in [0.2, 0.25) is 0 Å². The van der Waals surface area contributed by atoms with Gasteiger partial charge in [-0.25, -0.2) is 4.98 Å². The third-order valence-corrected chi connectivity index (χ3v) is 2.61. The van der Waals surface area contributed by atoms with Gasteiger partial charge in [-0.15, -0.1) is 0 Å². The summed E-state index contributed by atoms with van der Waals surface area (Å²) in [6.07, 6.45) is 5.90. The molecule has 2 N–H and O–H groups in total. The zero-order chi connectivity index (χ0) is 11.4. The number of imidazole rings is 1. The number of nitrogen functional groups attached to an aromatic ring is 1. The molecule has 3 heteroatoms. The van der Waals surface area contributed by atoms with Crippen LogP contribution in [0.4, 0.5) is 5.69 Å². The van der Waals surface area contributed by atoms with Crippen LogP contribution in [-0.4, -0.2) is 9.55 Å². The molecule has 3 nitrogen and oxygen atoms in total. The highest BCUT2D eigenvalue weighted by Gasteiger charge is 2.03. The van der Waals surface area contributed by atoms with Crippen molar-refractivity contribution in [3.63, 3.8) is 0 Å². The summed E-state index contributed by atoms with van der Waals surface area (Å²) in [6.45, 7) is 3.21. The topological polar surface area (TPSA) is 43.8 Å². The Kier molecular flexibility index (Phi) is 3.25. The number of aromatic nitrogens is 2. The van der Waals surface area contributed by atoms with E-state index in [1.807, 2.05) is 24.5 Å². The minimum absolute atomic E-state index is 0.806. The summed E-state index contributed by atoms with van der Waals surface area (Å²) in [6, 6.07) is 7.98. The van der Waals surface area contributed by atoms with Crippen LogP contribution in [0.1, 0.15) is 24.7 Å². The second kappa shape index (κ2) is 4.84. The molecule has 0 spiro atoms. The zero-order valence-electron chi connectivity index (χ0n) is 9.56. The number of aryl methyl sites for hydroxylation is 1. The third kappa shape index (κ3) is 2.42. The van der Waals surface area contributed by atoms with Crippen molar-refractivity contribution in [3.8, 4) is 0 Å². The molecule has 16 heavy (non-hydrogen) atoms. The number of nitrogens with zero attached hydrogens (tertiary/aromatic N) is 2. The lowest BCUT2D eigenvalue weighted by Gasteiger charge is -2.06. The van der Waals surface area contributed by atoms with Gasteiger partial charge < -0.3 is 10.3 Å². The smallest absolute Gasteiger partial charge is 0.113 e. The first-order valence-electron chi connectivity index (χ1n) is 5.64. The van der Waals surface area contributed by atoms with Crippen molar-refractivity contribution < 1.29 is 0 Å². The molecule has 1 heterocycles. The first-order valence-corrected chi connectivity index (χ1v) is 5.64. The average molecular weight is 215 g/mol.